The molecule has 0 radical (unpaired) electrons. The van der Waals surface area contributed by atoms with E-state index in [4.69, 9.17) is 0 Å². The Morgan fingerprint density at radius 3 is 2.56 bits per heavy atom. The quantitative estimate of drug-likeness (QED) is 0.665. The predicted octanol–water partition coefficient (Wildman–Crippen LogP) is 2.31. The first-order chi connectivity index (χ1) is 7.58. The van der Waals surface area contributed by atoms with Crippen LogP contribution in [0.15, 0.2) is 0 Å². The van der Waals surface area contributed by atoms with Gasteiger partial charge in [0.2, 0.25) is 0 Å². The Morgan fingerprint density at radius 1 is 1.19 bits per heavy atom. The zero-order valence-electron chi connectivity index (χ0n) is 9.58. The van der Waals surface area contributed by atoms with Crippen molar-refractivity contribution >= 4 is 0 Å². The van der Waals surface area contributed by atoms with Crippen molar-refractivity contribution in [2.75, 3.05) is 26.2 Å². The van der Waals surface area contributed by atoms with Crippen LogP contribution in [0.1, 0.15) is 32.1 Å². The van der Waals surface area contributed by atoms with Crippen LogP contribution >= 0.6 is 0 Å². The average molecular weight is 238 g/mol. The highest BCUT2D eigenvalue weighted by atomic mass is 19.4. The molecular weight excluding hydrogens is 217 g/mol. The second-order valence-electron chi connectivity index (χ2n) is 4.47. The summed E-state index contributed by atoms with van der Waals surface area (Å²) in [5.74, 6) is 0.775. The van der Waals surface area contributed by atoms with Crippen LogP contribution in [-0.2, 0) is 0 Å². The molecule has 0 aromatic heterocycles. The molecule has 1 unspecified atom stereocenters. The van der Waals surface area contributed by atoms with E-state index in [2.05, 4.69) is 10.6 Å². The number of hydrogen-bond donors (Lipinski definition) is 2. The minimum Gasteiger partial charge on any atom is -0.317 e. The molecule has 0 saturated carbocycles. The molecule has 1 aliphatic rings. The maximum Gasteiger partial charge on any atom is 0.389 e. The Hall–Kier alpha value is -0.290. The third kappa shape index (κ3) is 7.06. The van der Waals surface area contributed by atoms with Crippen LogP contribution < -0.4 is 10.6 Å². The van der Waals surface area contributed by atoms with Crippen molar-refractivity contribution < 1.29 is 13.2 Å². The minimum atomic E-state index is -4.00. The Morgan fingerprint density at radius 2 is 1.94 bits per heavy atom. The molecule has 0 bridgehead atoms. The lowest BCUT2D eigenvalue weighted by Crippen LogP contribution is -2.20. The number of hydrogen-bond acceptors (Lipinski definition) is 2. The van der Waals surface area contributed by atoms with Crippen LogP contribution in [0, 0.1) is 5.92 Å². The fraction of sp³-hybridized carbons (Fsp3) is 1.00. The predicted molar refractivity (Wildman–Crippen MR) is 58.4 cm³/mol. The van der Waals surface area contributed by atoms with Crippen molar-refractivity contribution in [2.24, 2.45) is 5.92 Å². The largest absolute Gasteiger partial charge is 0.389 e. The molecule has 5 heteroatoms. The van der Waals surface area contributed by atoms with Crippen LogP contribution in [0.25, 0.3) is 0 Å². The second-order valence-corrected chi connectivity index (χ2v) is 4.47. The van der Waals surface area contributed by atoms with Crippen molar-refractivity contribution in [1.82, 2.24) is 10.6 Å². The Balaban J connectivity index is 1.81. The van der Waals surface area contributed by atoms with E-state index in [0.717, 1.165) is 32.0 Å². The van der Waals surface area contributed by atoms with Gasteiger partial charge in [-0.05, 0) is 57.8 Å². The minimum absolute atomic E-state index is 0.189. The molecule has 2 nitrogen and oxygen atoms in total. The van der Waals surface area contributed by atoms with Crippen molar-refractivity contribution in [3.05, 3.63) is 0 Å². The molecule has 1 atom stereocenters. The molecule has 0 spiro atoms. The van der Waals surface area contributed by atoms with Gasteiger partial charge in [-0.3, -0.25) is 0 Å². The molecule has 0 aromatic carbocycles. The fourth-order valence-corrected chi connectivity index (χ4v) is 2.02. The molecule has 0 aromatic rings. The summed E-state index contributed by atoms with van der Waals surface area (Å²) in [6.07, 6.45) is -0.996. The van der Waals surface area contributed by atoms with Gasteiger partial charge in [0, 0.05) is 6.42 Å². The van der Waals surface area contributed by atoms with E-state index in [-0.39, 0.29) is 6.42 Å². The molecule has 16 heavy (non-hydrogen) atoms. The highest BCUT2D eigenvalue weighted by molar-refractivity contribution is 4.71. The first kappa shape index (κ1) is 13.8. The first-order valence-electron chi connectivity index (χ1n) is 6.06. The average Bonchev–Trinajstić information content (AvgIpc) is 2.67. The summed E-state index contributed by atoms with van der Waals surface area (Å²) in [7, 11) is 0. The number of nitrogens with one attached hydrogen (secondary N) is 2. The third-order valence-corrected chi connectivity index (χ3v) is 2.94. The van der Waals surface area contributed by atoms with Crippen molar-refractivity contribution in [1.29, 1.82) is 0 Å². The highest BCUT2D eigenvalue weighted by Crippen LogP contribution is 2.20. The Bertz CT molecular complexity index is 177. The van der Waals surface area contributed by atoms with Crippen LogP contribution in [0.4, 0.5) is 13.2 Å². The summed E-state index contributed by atoms with van der Waals surface area (Å²) in [5.41, 5.74) is 0. The van der Waals surface area contributed by atoms with E-state index in [9.17, 15) is 13.2 Å². The van der Waals surface area contributed by atoms with Gasteiger partial charge < -0.3 is 10.6 Å². The van der Waals surface area contributed by atoms with Crippen molar-refractivity contribution in [2.45, 2.75) is 38.3 Å². The van der Waals surface area contributed by atoms with Gasteiger partial charge >= 0.3 is 6.18 Å². The Labute approximate surface area is 95.0 Å². The van der Waals surface area contributed by atoms with E-state index < -0.39 is 12.6 Å². The van der Waals surface area contributed by atoms with Gasteiger partial charge in [0.1, 0.15) is 0 Å². The maximum atomic E-state index is 11.8. The van der Waals surface area contributed by atoms with Gasteiger partial charge in [0.05, 0.1) is 0 Å². The second kappa shape index (κ2) is 7.12. The smallest absolute Gasteiger partial charge is 0.317 e. The Kier molecular flexibility index (Phi) is 6.13. The van der Waals surface area contributed by atoms with Gasteiger partial charge in [-0.2, -0.15) is 13.2 Å². The summed E-state index contributed by atoms with van der Waals surface area (Å²) in [4.78, 5) is 0. The third-order valence-electron chi connectivity index (χ3n) is 2.94. The van der Waals surface area contributed by atoms with Gasteiger partial charge in [0.25, 0.3) is 0 Å². The molecule has 2 N–H and O–H groups in total. The van der Waals surface area contributed by atoms with E-state index in [1.54, 1.807) is 0 Å². The molecule has 1 aliphatic heterocycles. The number of rotatable bonds is 7. The van der Waals surface area contributed by atoms with E-state index in [0.29, 0.717) is 6.54 Å². The lowest BCUT2D eigenvalue weighted by atomic mass is 10.0. The van der Waals surface area contributed by atoms with E-state index >= 15 is 0 Å². The maximum absolute atomic E-state index is 11.8. The highest BCUT2D eigenvalue weighted by Gasteiger charge is 2.25. The summed E-state index contributed by atoms with van der Waals surface area (Å²) in [6.45, 7) is 3.54. The van der Waals surface area contributed by atoms with Gasteiger partial charge in [-0.25, -0.2) is 0 Å². The first-order valence-corrected chi connectivity index (χ1v) is 6.06. The summed E-state index contributed by atoms with van der Waals surface area (Å²) >= 11 is 0. The SMILES string of the molecule is FC(F)(F)CCCNCCCC1CCNC1. The fourth-order valence-electron chi connectivity index (χ4n) is 2.02. The van der Waals surface area contributed by atoms with Gasteiger partial charge in [-0.15, -0.1) is 0 Å². The van der Waals surface area contributed by atoms with Crippen molar-refractivity contribution in [3.63, 3.8) is 0 Å². The zero-order valence-corrected chi connectivity index (χ0v) is 9.58. The lowest BCUT2D eigenvalue weighted by Gasteiger charge is -2.09. The van der Waals surface area contributed by atoms with Crippen LogP contribution in [-0.4, -0.2) is 32.4 Å². The van der Waals surface area contributed by atoms with Crippen LogP contribution in [0.3, 0.4) is 0 Å². The molecule has 1 fully saturated rings. The molecule has 1 heterocycles. The summed E-state index contributed by atoms with van der Waals surface area (Å²) in [5, 5.41) is 6.37. The number of halogens is 3. The lowest BCUT2D eigenvalue weighted by molar-refractivity contribution is -0.135. The standard InChI is InChI=1S/C11H21F3N2/c12-11(13,14)5-2-7-15-6-1-3-10-4-8-16-9-10/h10,15-16H,1-9H2. The summed E-state index contributed by atoms with van der Waals surface area (Å²) in [6, 6.07) is 0. The summed E-state index contributed by atoms with van der Waals surface area (Å²) < 4.78 is 35.4. The molecule has 96 valence electrons. The van der Waals surface area contributed by atoms with Crippen LogP contribution in [0.5, 0.6) is 0 Å². The monoisotopic (exact) mass is 238 g/mol. The number of alkyl halides is 3. The van der Waals surface area contributed by atoms with Crippen LogP contribution in [0.2, 0.25) is 0 Å². The normalized spacial score (nSPS) is 21.6. The molecule has 1 rings (SSSR count). The molecule has 0 amide bonds. The topological polar surface area (TPSA) is 24.1 Å². The van der Waals surface area contributed by atoms with Gasteiger partial charge in [0.15, 0.2) is 0 Å². The molecule has 1 saturated heterocycles. The van der Waals surface area contributed by atoms with Gasteiger partial charge in [-0.1, -0.05) is 0 Å². The zero-order chi connectivity index (χ0) is 11.9. The molecular formula is C11H21F3N2. The molecule has 0 aliphatic carbocycles. The van der Waals surface area contributed by atoms with Crippen molar-refractivity contribution in [3.8, 4) is 0 Å². The van der Waals surface area contributed by atoms with E-state index in [1.165, 1.54) is 12.8 Å². The van der Waals surface area contributed by atoms with E-state index in [1.807, 2.05) is 0 Å².